The number of hydrogen-bond donors (Lipinski definition) is 3. The number of aliphatic hydroxyl groups excluding tert-OH is 1. The summed E-state index contributed by atoms with van der Waals surface area (Å²) >= 11 is 0. The number of carbonyl (C=O) groups excluding carboxylic acids is 2. The molecule has 1 amide bonds. The van der Waals surface area contributed by atoms with Crippen molar-refractivity contribution in [3.63, 3.8) is 0 Å². The van der Waals surface area contributed by atoms with Gasteiger partial charge in [0.1, 0.15) is 18.2 Å². The maximum atomic E-state index is 12.8. The second-order valence-corrected chi connectivity index (χ2v) is 9.60. The number of hydrogen-bond acceptors (Lipinski definition) is 10. The number of benzene rings is 2. The van der Waals surface area contributed by atoms with Gasteiger partial charge in [-0.3, -0.25) is 24.8 Å². The molecule has 188 valence electrons. The molecule has 0 heterocycles. The smallest absolute Gasteiger partial charge is 0.408 e. The highest BCUT2D eigenvalue weighted by molar-refractivity contribution is 7.58. The first-order chi connectivity index (χ1) is 16.5. The predicted molar refractivity (Wildman–Crippen MR) is 120 cm³/mol. The molecule has 0 bridgehead atoms. The molecule has 14 nitrogen and oxygen atoms in total. The van der Waals surface area contributed by atoms with E-state index in [1.807, 2.05) is 0 Å². The van der Waals surface area contributed by atoms with Crippen LogP contribution in [-0.4, -0.2) is 51.2 Å². The lowest BCUT2D eigenvalue weighted by Crippen LogP contribution is -2.42. The van der Waals surface area contributed by atoms with Crippen molar-refractivity contribution in [2.75, 3.05) is 13.3 Å². The summed E-state index contributed by atoms with van der Waals surface area (Å²) in [5.41, 5.74) is -2.13. The number of methoxy groups -OCH3 is 1. The summed E-state index contributed by atoms with van der Waals surface area (Å²) in [5.74, 6) is -3.50. The van der Waals surface area contributed by atoms with Gasteiger partial charge in [0.15, 0.2) is 5.85 Å². The fourth-order valence-corrected chi connectivity index (χ4v) is 4.60. The van der Waals surface area contributed by atoms with E-state index in [1.165, 1.54) is 0 Å². The number of nitrogens with zero attached hydrogens (tertiary/aromatic N) is 2. The number of carbonyl (C=O) groups is 2. The van der Waals surface area contributed by atoms with Gasteiger partial charge in [0, 0.05) is 18.3 Å². The minimum absolute atomic E-state index is 0.126. The Balaban J connectivity index is 2.16. The summed E-state index contributed by atoms with van der Waals surface area (Å²) < 4.78 is 22.4. The summed E-state index contributed by atoms with van der Waals surface area (Å²) in [7, 11) is -3.79. The van der Waals surface area contributed by atoms with Gasteiger partial charge in [-0.05, 0) is 18.1 Å². The van der Waals surface area contributed by atoms with E-state index in [-0.39, 0.29) is 6.61 Å². The molecule has 2 aromatic rings. The third-order valence-electron chi connectivity index (χ3n) is 4.82. The van der Waals surface area contributed by atoms with Gasteiger partial charge >= 0.3 is 12.1 Å². The molecule has 0 spiro atoms. The van der Waals surface area contributed by atoms with Crippen molar-refractivity contribution >= 4 is 30.8 Å². The van der Waals surface area contributed by atoms with E-state index in [4.69, 9.17) is 4.74 Å². The highest BCUT2D eigenvalue weighted by atomic mass is 31.2. The van der Waals surface area contributed by atoms with Crippen LogP contribution in [0.4, 0.5) is 16.2 Å². The van der Waals surface area contributed by atoms with Crippen LogP contribution in [0.2, 0.25) is 0 Å². The standard InChI is InChI=1S/C20H22N3O11P/c1-33-18(24)14(21-20(26)34-12-13-6-3-2-4-7-13)10-11-35(31,32)19(25)17-15(22(27)28)8-5-9-16(17)23(29)30/h2-9,14,19,25H,10-12H2,1H3,(H,21,26)(H,31,32)/t14-,19?/m0/s1. The number of rotatable bonds is 11. The number of nitro groups is 2. The molecule has 2 aromatic carbocycles. The molecule has 2 rings (SSSR count). The number of nitro benzene ring substituents is 2. The van der Waals surface area contributed by atoms with Crippen LogP contribution in [0.15, 0.2) is 48.5 Å². The second kappa shape index (κ2) is 12.0. The van der Waals surface area contributed by atoms with E-state index in [2.05, 4.69) is 10.1 Å². The van der Waals surface area contributed by atoms with Crippen LogP contribution in [0.25, 0.3) is 0 Å². The van der Waals surface area contributed by atoms with E-state index >= 15 is 0 Å². The first-order valence-corrected chi connectivity index (χ1v) is 11.9. The highest BCUT2D eigenvalue weighted by Crippen LogP contribution is 2.57. The molecule has 0 radical (unpaired) electrons. The normalized spacial score (nSPS) is 14.1. The summed E-state index contributed by atoms with van der Waals surface area (Å²) in [6.45, 7) is -0.126. The lowest BCUT2D eigenvalue weighted by molar-refractivity contribution is -0.396. The van der Waals surface area contributed by atoms with Crippen LogP contribution >= 0.6 is 7.37 Å². The van der Waals surface area contributed by atoms with Crippen molar-refractivity contribution in [2.45, 2.75) is 24.9 Å². The van der Waals surface area contributed by atoms with E-state index in [9.17, 15) is 44.4 Å². The van der Waals surface area contributed by atoms with E-state index in [1.54, 1.807) is 30.3 Å². The third-order valence-corrected chi connectivity index (χ3v) is 6.74. The Morgan fingerprint density at radius 2 is 1.63 bits per heavy atom. The van der Waals surface area contributed by atoms with Crippen molar-refractivity contribution in [2.24, 2.45) is 0 Å². The van der Waals surface area contributed by atoms with E-state index in [0.717, 1.165) is 25.3 Å². The lowest BCUT2D eigenvalue weighted by Gasteiger charge is -2.21. The first-order valence-electron chi connectivity index (χ1n) is 9.94. The molecule has 0 saturated heterocycles. The number of alkyl carbamates (subject to hydrolysis) is 1. The second-order valence-electron chi connectivity index (χ2n) is 7.15. The SMILES string of the molecule is COC(=O)[C@H](CCP(=O)(O)C(O)c1c([N+](=O)[O-])cccc1[N+](=O)[O-])NC(=O)OCc1ccccc1. The largest absolute Gasteiger partial charge is 0.467 e. The Morgan fingerprint density at radius 3 is 2.14 bits per heavy atom. The van der Waals surface area contributed by atoms with Crippen LogP contribution in [0.3, 0.4) is 0 Å². The molecule has 3 atom stereocenters. The molecule has 3 N–H and O–H groups in total. The molecule has 0 aromatic heterocycles. The zero-order valence-electron chi connectivity index (χ0n) is 18.3. The van der Waals surface area contributed by atoms with Gasteiger partial charge in [-0.2, -0.15) is 0 Å². The van der Waals surface area contributed by atoms with Crippen LogP contribution < -0.4 is 5.32 Å². The van der Waals surface area contributed by atoms with E-state index in [0.29, 0.717) is 5.56 Å². The van der Waals surface area contributed by atoms with Crippen molar-refractivity contribution in [3.05, 3.63) is 79.9 Å². The molecule has 0 aliphatic carbocycles. The zero-order valence-corrected chi connectivity index (χ0v) is 19.2. The molecule has 0 aliphatic heterocycles. The fraction of sp³-hybridized carbons (Fsp3) is 0.300. The molecule has 0 aliphatic rings. The number of amides is 1. The van der Waals surface area contributed by atoms with Gasteiger partial charge in [-0.1, -0.05) is 30.3 Å². The number of nitrogens with one attached hydrogen (secondary N) is 1. The average molecular weight is 511 g/mol. The molecule has 35 heavy (non-hydrogen) atoms. The molecular formula is C20H22N3O11P. The number of esters is 1. The van der Waals surface area contributed by atoms with Gasteiger partial charge in [0.25, 0.3) is 11.4 Å². The number of aliphatic hydroxyl groups is 1. The maximum absolute atomic E-state index is 12.8. The Labute approximate surface area is 198 Å². The predicted octanol–water partition coefficient (Wildman–Crippen LogP) is 2.62. The van der Waals surface area contributed by atoms with Gasteiger partial charge in [0.2, 0.25) is 7.37 Å². The van der Waals surface area contributed by atoms with Gasteiger partial charge in [-0.25, -0.2) is 9.59 Å². The molecule has 0 saturated carbocycles. The van der Waals surface area contributed by atoms with E-state index < -0.39 is 70.7 Å². The summed E-state index contributed by atoms with van der Waals surface area (Å²) in [6.07, 6.45) is -2.44. The van der Waals surface area contributed by atoms with Crippen molar-refractivity contribution in [1.82, 2.24) is 5.32 Å². The zero-order chi connectivity index (χ0) is 26.2. The van der Waals surface area contributed by atoms with Crippen molar-refractivity contribution in [3.8, 4) is 0 Å². The quantitative estimate of drug-likeness (QED) is 0.173. The molecule has 2 unspecified atom stereocenters. The van der Waals surface area contributed by atoms with Crippen molar-refractivity contribution < 1.29 is 43.5 Å². The highest BCUT2D eigenvalue weighted by Gasteiger charge is 2.41. The monoisotopic (exact) mass is 511 g/mol. The Bertz CT molecular complexity index is 1110. The van der Waals surface area contributed by atoms with Gasteiger partial charge < -0.3 is 24.8 Å². The number of ether oxygens (including phenoxy) is 2. The van der Waals surface area contributed by atoms with Crippen LogP contribution in [0, 0.1) is 20.2 Å². The summed E-state index contributed by atoms with van der Waals surface area (Å²) in [5, 5.41) is 35.2. The van der Waals surface area contributed by atoms with Gasteiger partial charge in [0.05, 0.1) is 17.0 Å². The fourth-order valence-electron chi connectivity index (χ4n) is 3.06. The Kier molecular flexibility index (Phi) is 9.40. The van der Waals surface area contributed by atoms with Crippen LogP contribution in [0.1, 0.15) is 23.4 Å². The summed E-state index contributed by atoms with van der Waals surface area (Å²) in [4.78, 5) is 55.1. The van der Waals surface area contributed by atoms with Crippen LogP contribution in [-0.2, 0) is 25.4 Å². The maximum Gasteiger partial charge on any atom is 0.408 e. The minimum atomic E-state index is -4.80. The average Bonchev–Trinajstić information content (AvgIpc) is 2.84. The Morgan fingerprint density at radius 1 is 1.06 bits per heavy atom. The topological polar surface area (TPSA) is 208 Å². The molecule has 0 fully saturated rings. The molecular weight excluding hydrogens is 489 g/mol. The van der Waals surface area contributed by atoms with Gasteiger partial charge in [-0.15, -0.1) is 0 Å². The first kappa shape index (κ1) is 27.4. The molecule has 15 heteroatoms. The van der Waals surface area contributed by atoms with Crippen molar-refractivity contribution in [1.29, 1.82) is 0 Å². The minimum Gasteiger partial charge on any atom is -0.467 e. The lowest BCUT2D eigenvalue weighted by atomic mass is 10.1. The van der Waals surface area contributed by atoms with Crippen LogP contribution in [0.5, 0.6) is 0 Å². The third kappa shape index (κ3) is 7.30. The Hall–Kier alpha value is -3.87. The summed E-state index contributed by atoms with van der Waals surface area (Å²) in [6, 6.07) is 9.78.